The highest BCUT2D eigenvalue weighted by molar-refractivity contribution is 5.94. The molecule has 5 heteroatoms. The van der Waals surface area contributed by atoms with Crippen LogP contribution in [0.3, 0.4) is 0 Å². The summed E-state index contributed by atoms with van der Waals surface area (Å²) in [5, 5.41) is 10.5. The Morgan fingerprint density at radius 1 is 1.21 bits per heavy atom. The summed E-state index contributed by atoms with van der Waals surface area (Å²) in [7, 11) is 0. The van der Waals surface area contributed by atoms with Crippen LogP contribution in [0, 0.1) is 0 Å². The molecule has 0 radical (unpaired) electrons. The summed E-state index contributed by atoms with van der Waals surface area (Å²) < 4.78 is 5.10. The third-order valence-corrected chi connectivity index (χ3v) is 3.44. The van der Waals surface area contributed by atoms with Gasteiger partial charge >= 0.3 is 0 Å². The molecule has 1 aliphatic rings. The maximum Gasteiger partial charge on any atom is 0.251 e. The number of carbonyl (C=O) groups excluding carboxylic acids is 1. The number of carbonyl (C=O) groups is 1. The first-order valence-electron chi connectivity index (χ1n) is 6.50. The van der Waals surface area contributed by atoms with Crippen LogP contribution in [0.4, 0.5) is 0 Å². The molecule has 0 aliphatic heterocycles. The first-order chi connectivity index (χ1) is 9.33. The molecule has 5 nitrogen and oxygen atoms in total. The number of nitrogens with zero attached hydrogens (tertiary/aromatic N) is 2. The Hall–Kier alpha value is -2.17. The topological polar surface area (TPSA) is 68.0 Å². The molecule has 0 unspecified atom stereocenters. The number of aromatic nitrogens is 2. The SMILES string of the molecule is O=C(NC1CCCC1)c1ccc(-c2nnco2)cc1. The maximum absolute atomic E-state index is 12.0. The average Bonchev–Trinajstić information content (AvgIpc) is 3.12. The van der Waals surface area contributed by atoms with Crippen molar-refractivity contribution in [3.8, 4) is 11.5 Å². The van der Waals surface area contributed by atoms with Crippen molar-refractivity contribution >= 4 is 5.91 Å². The molecule has 1 N–H and O–H groups in total. The minimum absolute atomic E-state index is 0.0102. The number of nitrogens with one attached hydrogen (secondary N) is 1. The zero-order valence-corrected chi connectivity index (χ0v) is 10.5. The van der Waals surface area contributed by atoms with Crippen LogP contribution in [-0.2, 0) is 0 Å². The molecular formula is C14H15N3O2. The van der Waals surface area contributed by atoms with Crippen molar-refractivity contribution in [2.24, 2.45) is 0 Å². The van der Waals surface area contributed by atoms with Crippen LogP contribution in [0.1, 0.15) is 36.0 Å². The van der Waals surface area contributed by atoms with Crippen molar-refractivity contribution < 1.29 is 9.21 Å². The Morgan fingerprint density at radius 2 is 1.95 bits per heavy atom. The predicted octanol–water partition coefficient (Wildman–Crippen LogP) is 2.41. The van der Waals surface area contributed by atoms with E-state index < -0.39 is 0 Å². The van der Waals surface area contributed by atoms with Crippen molar-refractivity contribution in [3.63, 3.8) is 0 Å². The second kappa shape index (κ2) is 5.22. The molecule has 1 aliphatic carbocycles. The summed E-state index contributed by atoms with van der Waals surface area (Å²) in [6.07, 6.45) is 5.88. The van der Waals surface area contributed by atoms with Crippen molar-refractivity contribution in [1.29, 1.82) is 0 Å². The van der Waals surface area contributed by atoms with Crippen LogP contribution >= 0.6 is 0 Å². The van der Waals surface area contributed by atoms with Gasteiger partial charge in [0.1, 0.15) is 0 Å². The molecule has 1 saturated carbocycles. The minimum Gasteiger partial charge on any atom is -0.423 e. The predicted molar refractivity (Wildman–Crippen MR) is 69.5 cm³/mol. The number of rotatable bonds is 3. The van der Waals surface area contributed by atoms with Gasteiger partial charge in [-0.2, -0.15) is 0 Å². The second-order valence-corrected chi connectivity index (χ2v) is 4.78. The molecule has 3 rings (SSSR count). The molecular weight excluding hydrogens is 242 g/mol. The van der Waals surface area contributed by atoms with Gasteiger partial charge < -0.3 is 9.73 Å². The Morgan fingerprint density at radius 3 is 2.58 bits per heavy atom. The number of hydrogen-bond donors (Lipinski definition) is 1. The molecule has 1 aromatic heterocycles. The van der Waals surface area contributed by atoms with E-state index in [0.717, 1.165) is 18.4 Å². The number of hydrogen-bond acceptors (Lipinski definition) is 4. The van der Waals surface area contributed by atoms with Gasteiger partial charge in [0.05, 0.1) is 0 Å². The van der Waals surface area contributed by atoms with Crippen LogP contribution < -0.4 is 5.32 Å². The van der Waals surface area contributed by atoms with Crippen molar-refractivity contribution in [3.05, 3.63) is 36.2 Å². The Kier molecular flexibility index (Phi) is 3.27. The van der Waals surface area contributed by atoms with Crippen molar-refractivity contribution in [1.82, 2.24) is 15.5 Å². The minimum atomic E-state index is -0.0102. The van der Waals surface area contributed by atoms with E-state index in [1.807, 2.05) is 12.1 Å². The monoisotopic (exact) mass is 257 g/mol. The smallest absolute Gasteiger partial charge is 0.251 e. The first-order valence-corrected chi connectivity index (χ1v) is 6.50. The highest BCUT2D eigenvalue weighted by Gasteiger charge is 2.17. The largest absolute Gasteiger partial charge is 0.423 e. The van der Waals surface area contributed by atoms with E-state index in [9.17, 15) is 4.79 Å². The summed E-state index contributed by atoms with van der Waals surface area (Å²) in [6.45, 7) is 0. The quantitative estimate of drug-likeness (QED) is 0.916. The molecule has 0 bridgehead atoms. The van der Waals surface area contributed by atoms with Crippen LogP contribution in [0.15, 0.2) is 35.1 Å². The Balaban J connectivity index is 1.69. The molecule has 0 spiro atoms. The first kappa shape index (κ1) is 11.9. The van der Waals surface area contributed by atoms with Gasteiger partial charge in [-0.25, -0.2) is 0 Å². The standard InChI is InChI=1S/C14H15N3O2/c18-13(16-12-3-1-2-4-12)10-5-7-11(8-6-10)14-17-15-9-19-14/h5-9,12H,1-4H2,(H,16,18). The zero-order valence-electron chi connectivity index (χ0n) is 10.5. The summed E-state index contributed by atoms with van der Waals surface area (Å²) in [6, 6.07) is 7.53. The zero-order chi connectivity index (χ0) is 13.1. The summed E-state index contributed by atoms with van der Waals surface area (Å²) in [5.74, 6) is 0.451. The van der Waals surface area contributed by atoms with Gasteiger partial charge in [0.15, 0.2) is 0 Å². The van der Waals surface area contributed by atoms with Crippen LogP contribution in [0.5, 0.6) is 0 Å². The molecule has 19 heavy (non-hydrogen) atoms. The molecule has 98 valence electrons. The summed E-state index contributed by atoms with van der Waals surface area (Å²) in [5.41, 5.74) is 1.48. The fourth-order valence-corrected chi connectivity index (χ4v) is 2.40. The van der Waals surface area contributed by atoms with Gasteiger partial charge in [0, 0.05) is 17.2 Å². The second-order valence-electron chi connectivity index (χ2n) is 4.78. The normalized spacial score (nSPS) is 15.6. The molecule has 1 fully saturated rings. The summed E-state index contributed by atoms with van der Waals surface area (Å²) in [4.78, 5) is 12.0. The lowest BCUT2D eigenvalue weighted by molar-refractivity contribution is 0.0938. The van der Waals surface area contributed by atoms with E-state index in [2.05, 4.69) is 15.5 Å². The van der Waals surface area contributed by atoms with Gasteiger partial charge in [0.25, 0.3) is 5.91 Å². The maximum atomic E-state index is 12.0. The van der Waals surface area contributed by atoms with Gasteiger partial charge in [0.2, 0.25) is 12.3 Å². The molecule has 1 amide bonds. The molecule has 1 aromatic carbocycles. The number of amides is 1. The van der Waals surface area contributed by atoms with Gasteiger partial charge in [-0.1, -0.05) is 12.8 Å². The summed E-state index contributed by atoms with van der Waals surface area (Å²) >= 11 is 0. The highest BCUT2D eigenvalue weighted by Crippen LogP contribution is 2.19. The van der Waals surface area contributed by atoms with Gasteiger partial charge in [-0.3, -0.25) is 4.79 Å². The van der Waals surface area contributed by atoms with E-state index in [-0.39, 0.29) is 5.91 Å². The lowest BCUT2D eigenvalue weighted by Gasteiger charge is -2.11. The lowest BCUT2D eigenvalue weighted by atomic mass is 10.1. The van der Waals surface area contributed by atoms with E-state index >= 15 is 0 Å². The van der Waals surface area contributed by atoms with Gasteiger partial charge in [-0.05, 0) is 37.1 Å². The van der Waals surface area contributed by atoms with Crippen LogP contribution in [-0.4, -0.2) is 22.1 Å². The molecule has 0 atom stereocenters. The highest BCUT2D eigenvalue weighted by atomic mass is 16.4. The van der Waals surface area contributed by atoms with E-state index in [1.165, 1.54) is 19.2 Å². The fraction of sp³-hybridized carbons (Fsp3) is 0.357. The lowest BCUT2D eigenvalue weighted by Crippen LogP contribution is -2.32. The Labute approximate surface area is 111 Å². The molecule has 1 heterocycles. The van der Waals surface area contributed by atoms with Crippen LogP contribution in [0.2, 0.25) is 0 Å². The third-order valence-electron chi connectivity index (χ3n) is 3.44. The van der Waals surface area contributed by atoms with E-state index in [1.54, 1.807) is 12.1 Å². The van der Waals surface area contributed by atoms with E-state index in [4.69, 9.17) is 4.42 Å². The fourth-order valence-electron chi connectivity index (χ4n) is 2.40. The third kappa shape index (κ3) is 2.65. The van der Waals surface area contributed by atoms with Crippen LogP contribution in [0.25, 0.3) is 11.5 Å². The van der Waals surface area contributed by atoms with Gasteiger partial charge in [-0.15, -0.1) is 10.2 Å². The van der Waals surface area contributed by atoms with Crippen molar-refractivity contribution in [2.45, 2.75) is 31.7 Å². The average molecular weight is 257 g/mol. The molecule has 0 saturated heterocycles. The number of benzene rings is 1. The van der Waals surface area contributed by atoms with Crippen molar-refractivity contribution in [2.75, 3.05) is 0 Å². The molecule has 2 aromatic rings. The van der Waals surface area contributed by atoms with E-state index in [0.29, 0.717) is 17.5 Å². The Bertz CT molecular complexity index is 543.